The van der Waals surface area contributed by atoms with Gasteiger partial charge in [0.1, 0.15) is 0 Å². The monoisotopic (exact) mass is 408 g/mol. The van der Waals surface area contributed by atoms with Crippen molar-refractivity contribution in [2.75, 3.05) is 0 Å². The Morgan fingerprint density at radius 1 is 0.621 bits per heavy atom. The molecule has 0 atom stereocenters. The molecular formula is C22H14F6O. The first-order valence-electron chi connectivity index (χ1n) is 8.51. The Balaban J connectivity index is 2.18. The Kier molecular flexibility index (Phi) is 5.50. The van der Waals surface area contributed by atoms with Crippen molar-refractivity contribution in [3.05, 3.63) is 107 Å². The van der Waals surface area contributed by atoms with Crippen LogP contribution in [0.25, 0.3) is 0 Å². The molecule has 0 amide bonds. The van der Waals surface area contributed by atoms with Gasteiger partial charge in [-0.15, -0.1) is 0 Å². The molecule has 0 unspecified atom stereocenters. The molecule has 3 rings (SSSR count). The third-order valence-corrected chi connectivity index (χ3v) is 4.40. The van der Waals surface area contributed by atoms with Crippen LogP contribution in [-0.4, -0.2) is 5.78 Å². The molecule has 0 bridgehead atoms. The van der Waals surface area contributed by atoms with E-state index in [1.54, 1.807) is 60.7 Å². The number of rotatable bonds is 4. The van der Waals surface area contributed by atoms with Crippen LogP contribution in [0.2, 0.25) is 0 Å². The number of halogens is 6. The van der Waals surface area contributed by atoms with Crippen LogP contribution >= 0.6 is 0 Å². The summed E-state index contributed by atoms with van der Waals surface area (Å²) in [5.74, 6) is -1.89. The average molecular weight is 408 g/mol. The maximum absolute atomic E-state index is 13.2. The Hall–Kier alpha value is -3.09. The smallest absolute Gasteiger partial charge is 0.293 e. The molecule has 0 aliphatic heterocycles. The molecule has 3 aromatic carbocycles. The van der Waals surface area contributed by atoms with Crippen LogP contribution in [0.4, 0.5) is 26.3 Å². The summed E-state index contributed by atoms with van der Waals surface area (Å²) < 4.78 is 79.0. The highest BCUT2D eigenvalue weighted by Crippen LogP contribution is 2.38. The van der Waals surface area contributed by atoms with Gasteiger partial charge in [-0.1, -0.05) is 60.7 Å². The molecule has 0 aromatic heterocycles. The number of alkyl halides is 6. The number of Topliss-reactive ketones (excluding diaryl/α,β-unsaturated/α-hetero) is 1. The molecule has 0 aliphatic carbocycles. The minimum absolute atomic E-state index is 0.0107. The van der Waals surface area contributed by atoms with E-state index in [4.69, 9.17) is 0 Å². The van der Waals surface area contributed by atoms with Crippen LogP contribution < -0.4 is 0 Å². The molecule has 0 saturated heterocycles. The average Bonchev–Trinajstić information content (AvgIpc) is 2.68. The van der Waals surface area contributed by atoms with Crippen molar-refractivity contribution in [1.29, 1.82) is 0 Å². The van der Waals surface area contributed by atoms with Gasteiger partial charge in [-0.25, -0.2) is 0 Å². The standard InChI is InChI=1S/C22H14F6O/c23-21(24,25)17-11-16(12-18(13-17)22(26,27)28)20(29)19(14-7-3-1-4-8-14)15-9-5-2-6-10-15/h1-13,19H. The van der Waals surface area contributed by atoms with Gasteiger partial charge < -0.3 is 0 Å². The maximum atomic E-state index is 13.2. The summed E-state index contributed by atoms with van der Waals surface area (Å²) in [5.41, 5.74) is -2.75. The number of carbonyl (C=O) groups is 1. The highest BCUT2D eigenvalue weighted by molar-refractivity contribution is 6.03. The molecule has 0 fully saturated rings. The largest absolute Gasteiger partial charge is 0.416 e. The number of hydrogen-bond acceptors (Lipinski definition) is 1. The highest BCUT2D eigenvalue weighted by Gasteiger charge is 2.38. The Bertz CT molecular complexity index is 920. The molecule has 1 nitrogen and oxygen atoms in total. The maximum Gasteiger partial charge on any atom is 0.416 e. The van der Waals surface area contributed by atoms with Crippen molar-refractivity contribution in [1.82, 2.24) is 0 Å². The van der Waals surface area contributed by atoms with E-state index in [2.05, 4.69) is 0 Å². The Morgan fingerprint density at radius 2 is 1.00 bits per heavy atom. The number of hydrogen-bond donors (Lipinski definition) is 0. The first kappa shape index (κ1) is 20.6. The molecular weight excluding hydrogens is 394 g/mol. The predicted molar refractivity (Wildman–Crippen MR) is 95.5 cm³/mol. The van der Waals surface area contributed by atoms with Gasteiger partial charge in [0.05, 0.1) is 17.0 Å². The quantitative estimate of drug-likeness (QED) is 0.345. The first-order chi connectivity index (χ1) is 13.6. The van der Waals surface area contributed by atoms with Crippen LogP contribution in [0.5, 0.6) is 0 Å². The van der Waals surface area contributed by atoms with E-state index in [1.165, 1.54) is 0 Å². The lowest BCUT2D eigenvalue weighted by Crippen LogP contribution is -2.18. The van der Waals surface area contributed by atoms with Crippen molar-refractivity contribution in [3.63, 3.8) is 0 Å². The summed E-state index contributed by atoms with van der Waals surface area (Å²) in [4.78, 5) is 13.2. The molecule has 0 heterocycles. The van der Waals surface area contributed by atoms with E-state index >= 15 is 0 Å². The van der Waals surface area contributed by atoms with E-state index < -0.39 is 40.7 Å². The van der Waals surface area contributed by atoms with Crippen LogP contribution in [0.1, 0.15) is 38.5 Å². The minimum atomic E-state index is -5.02. The zero-order chi connectivity index (χ0) is 21.2. The second-order valence-electron chi connectivity index (χ2n) is 6.41. The van der Waals surface area contributed by atoms with Gasteiger partial charge in [-0.3, -0.25) is 4.79 Å². The van der Waals surface area contributed by atoms with Gasteiger partial charge >= 0.3 is 12.4 Å². The molecule has 0 saturated carbocycles. The molecule has 0 spiro atoms. The van der Waals surface area contributed by atoms with Gasteiger partial charge in [-0.2, -0.15) is 26.3 Å². The highest BCUT2D eigenvalue weighted by atomic mass is 19.4. The van der Waals surface area contributed by atoms with E-state index in [1.807, 2.05) is 0 Å². The van der Waals surface area contributed by atoms with Gasteiger partial charge in [0.15, 0.2) is 5.78 Å². The minimum Gasteiger partial charge on any atom is -0.293 e. The molecule has 7 heteroatoms. The molecule has 0 radical (unpaired) electrons. The fourth-order valence-corrected chi connectivity index (χ4v) is 3.05. The zero-order valence-electron chi connectivity index (χ0n) is 14.8. The topological polar surface area (TPSA) is 17.1 Å². The Labute approximate surface area is 162 Å². The van der Waals surface area contributed by atoms with E-state index in [-0.39, 0.29) is 6.07 Å². The SMILES string of the molecule is O=C(c1cc(C(F)(F)F)cc(C(F)(F)F)c1)C(c1ccccc1)c1ccccc1. The van der Waals surface area contributed by atoms with Crippen molar-refractivity contribution in [3.8, 4) is 0 Å². The van der Waals surface area contributed by atoms with Gasteiger partial charge in [-0.05, 0) is 29.3 Å². The van der Waals surface area contributed by atoms with E-state index in [0.29, 0.717) is 23.3 Å². The molecule has 0 N–H and O–H groups in total. The van der Waals surface area contributed by atoms with Crippen molar-refractivity contribution < 1.29 is 31.1 Å². The van der Waals surface area contributed by atoms with Crippen LogP contribution in [0, 0.1) is 0 Å². The fraction of sp³-hybridized carbons (Fsp3) is 0.136. The normalized spacial score (nSPS) is 12.2. The summed E-state index contributed by atoms with van der Waals surface area (Å²) in [5, 5.41) is 0. The number of ketones is 1. The van der Waals surface area contributed by atoms with E-state index in [0.717, 1.165) is 0 Å². The second kappa shape index (κ2) is 7.73. The predicted octanol–water partition coefficient (Wildman–Crippen LogP) is 6.74. The number of carbonyl (C=O) groups excluding carboxylic acids is 1. The fourth-order valence-electron chi connectivity index (χ4n) is 3.05. The van der Waals surface area contributed by atoms with Crippen molar-refractivity contribution in [2.24, 2.45) is 0 Å². The molecule has 0 aliphatic rings. The van der Waals surface area contributed by atoms with Crippen LogP contribution in [0.3, 0.4) is 0 Å². The second-order valence-corrected chi connectivity index (χ2v) is 6.41. The summed E-state index contributed by atoms with van der Waals surface area (Å²) in [6, 6.07) is 17.3. The van der Waals surface area contributed by atoms with Gasteiger partial charge in [0.25, 0.3) is 0 Å². The third kappa shape index (κ3) is 4.67. The lowest BCUT2D eigenvalue weighted by molar-refractivity contribution is -0.143. The van der Waals surface area contributed by atoms with Gasteiger partial charge in [0.2, 0.25) is 0 Å². The van der Waals surface area contributed by atoms with Crippen LogP contribution in [0.15, 0.2) is 78.9 Å². The zero-order valence-corrected chi connectivity index (χ0v) is 14.8. The number of benzene rings is 3. The van der Waals surface area contributed by atoms with E-state index in [9.17, 15) is 31.1 Å². The lowest BCUT2D eigenvalue weighted by Gasteiger charge is -2.19. The summed E-state index contributed by atoms with van der Waals surface area (Å²) >= 11 is 0. The van der Waals surface area contributed by atoms with Crippen molar-refractivity contribution in [2.45, 2.75) is 18.3 Å². The summed E-state index contributed by atoms with van der Waals surface area (Å²) in [6.07, 6.45) is -10.0. The molecule has 29 heavy (non-hydrogen) atoms. The summed E-state index contributed by atoms with van der Waals surface area (Å²) in [6.45, 7) is 0. The van der Waals surface area contributed by atoms with Gasteiger partial charge in [0, 0.05) is 5.56 Å². The summed E-state index contributed by atoms with van der Waals surface area (Å²) in [7, 11) is 0. The first-order valence-corrected chi connectivity index (χ1v) is 8.51. The Morgan fingerprint density at radius 3 is 1.34 bits per heavy atom. The molecule has 3 aromatic rings. The molecule has 150 valence electrons. The third-order valence-electron chi connectivity index (χ3n) is 4.40. The lowest BCUT2D eigenvalue weighted by atomic mass is 9.84. The van der Waals surface area contributed by atoms with Crippen LogP contribution in [-0.2, 0) is 12.4 Å². The van der Waals surface area contributed by atoms with Crippen molar-refractivity contribution >= 4 is 5.78 Å².